The number of carbonyl (C=O) groups excluding carboxylic acids is 1. The Kier molecular flexibility index (Phi) is 3.48. The van der Waals surface area contributed by atoms with Gasteiger partial charge in [-0.3, -0.25) is 4.79 Å². The van der Waals surface area contributed by atoms with E-state index >= 15 is 0 Å². The van der Waals surface area contributed by atoms with E-state index in [1.165, 1.54) is 6.26 Å². The maximum absolute atomic E-state index is 12.1. The summed E-state index contributed by atoms with van der Waals surface area (Å²) in [6.45, 7) is 2.75. The third-order valence-corrected chi connectivity index (χ3v) is 3.23. The molecule has 5 heteroatoms. The van der Waals surface area contributed by atoms with Gasteiger partial charge >= 0.3 is 0 Å². The smallest absolute Gasteiger partial charge is 0.255 e. The number of benzene rings is 1. The number of fused-ring (bicyclic) bond motifs is 1. The SMILES string of the molecule is O=C(NCC1COCCN1)c1coc2ccccc12. The molecule has 2 aromatic rings. The Labute approximate surface area is 110 Å². The normalized spacial score (nSPS) is 19.5. The summed E-state index contributed by atoms with van der Waals surface area (Å²) in [5.41, 5.74) is 1.30. The highest BCUT2D eigenvalue weighted by Crippen LogP contribution is 2.20. The van der Waals surface area contributed by atoms with E-state index in [9.17, 15) is 4.79 Å². The van der Waals surface area contributed by atoms with Crippen molar-refractivity contribution in [3.8, 4) is 0 Å². The lowest BCUT2D eigenvalue weighted by Crippen LogP contribution is -2.48. The van der Waals surface area contributed by atoms with Gasteiger partial charge in [0.25, 0.3) is 5.91 Å². The Bertz CT molecular complexity index is 573. The van der Waals surface area contributed by atoms with E-state index in [2.05, 4.69) is 10.6 Å². The number of hydrogen-bond donors (Lipinski definition) is 2. The maximum Gasteiger partial charge on any atom is 0.255 e. The quantitative estimate of drug-likeness (QED) is 0.869. The van der Waals surface area contributed by atoms with Gasteiger partial charge in [-0.2, -0.15) is 0 Å². The minimum absolute atomic E-state index is 0.114. The van der Waals surface area contributed by atoms with Crippen LogP contribution in [0.5, 0.6) is 0 Å². The van der Waals surface area contributed by atoms with Crippen LogP contribution in [0, 0.1) is 0 Å². The van der Waals surface area contributed by atoms with Crippen LogP contribution in [0.1, 0.15) is 10.4 Å². The Morgan fingerprint density at radius 1 is 1.42 bits per heavy atom. The third kappa shape index (κ3) is 2.62. The zero-order valence-corrected chi connectivity index (χ0v) is 10.5. The van der Waals surface area contributed by atoms with Crippen molar-refractivity contribution >= 4 is 16.9 Å². The van der Waals surface area contributed by atoms with Gasteiger partial charge in [0.05, 0.1) is 18.8 Å². The van der Waals surface area contributed by atoms with Crippen LogP contribution in [-0.2, 0) is 4.74 Å². The molecule has 1 unspecified atom stereocenters. The summed E-state index contributed by atoms with van der Waals surface area (Å²) in [5, 5.41) is 7.04. The summed E-state index contributed by atoms with van der Waals surface area (Å²) in [4.78, 5) is 12.1. The van der Waals surface area contributed by atoms with Crippen LogP contribution in [0.3, 0.4) is 0 Å². The molecule has 1 fully saturated rings. The minimum Gasteiger partial charge on any atom is -0.463 e. The maximum atomic E-state index is 12.1. The molecule has 5 nitrogen and oxygen atoms in total. The molecule has 1 atom stereocenters. The first-order valence-electron chi connectivity index (χ1n) is 6.40. The fourth-order valence-electron chi connectivity index (χ4n) is 2.22. The lowest BCUT2D eigenvalue weighted by atomic mass is 10.1. The molecule has 1 aliphatic rings. The van der Waals surface area contributed by atoms with E-state index in [1.54, 1.807) is 0 Å². The number of furan rings is 1. The first-order chi connectivity index (χ1) is 9.34. The monoisotopic (exact) mass is 260 g/mol. The average molecular weight is 260 g/mol. The molecule has 1 amide bonds. The third-order valence-electron chi connectivity index (χ3n) is 3.23. The molecule has 1 aliphatic heterocycles. The van der Waals surface area contributed by atoms with Gasteiger partial charge in [0.15, 0.2) is 0 Å². The van der Waals surface area contributed by atoms with Gasteiger partial charge in [-0.15, -0.1) is 0 Å². The molecule has 2 N–H and O–H groups in total. The second kappa shape index (κ2) is 5.42. The molecule has 100 valence electrons. The number of carbonyl (C=O) groups is 1. The number of amides is 1. The lowest BCUT2D eigenvalue weighted by Gasteiger charge is -2.23. The van der Waals surface area contributed by atoms with Crippen molar-refractivity contribution in [1.82, 2.24) is 10.6 Å². The largest absolute Gasteiger partial charge is 0.463 e. The fraction of sp³-hybridized carbons (Fsp3) is 0.357. The van der Waals surface area contributed by atoms with Crippen molar-refractivity contribution in [2.45, 2.75) is 6.04 Å². The topological polar surface area (TPSA) is 63.5 Å². The summed E-state index contributed by atoms with van der Waals surface area (Å²) in [5.74, 6) is -0.114. The molecule has 0 bridgehead atoms. The van der Waals surface area contributed by atoms with Crippen molar-refractivity contribution in [2.24, 2.45) is 0 Å². The predicted molar refractivity (Wildman–Crippen MR) is 71.2 cm³/mol. The van der Waals surface area contributed by atoms with Crippen molar-refractivity contribution in [1.29, 1.82) is 0 Å². The number of rotatable bonds is 3. The highest BCUT2D eigenvalue weighted by Gasteiger charge is 2.17. The van der Waals surface area contributed by atoms with Gasteiger partial charge in [-0.25, -0.2) is 0 Å². The first-order valence-corrected chi connectivity index (χ1v) is 6.40. The second-order valence-electron chi connectivity index (χ2n) is 4.58. The number of ether oxygens (including phenoxy) is 1. The van der Waals surface area contributed by atoms with E-state index in [0.717, 1.165) is 24.1 Å². The van der Waals surface area contributed by atoms with Crippen LogP contribution in [0.15, 0.2) is 34.9 Å². The summed E-state index contributed by atoms with van der Waals surface area (Å²) < 4.78 is 10.7. The molecular weight excluding hydrogens is 244 g/mol. The molecule has 1 aromatic carbocycles. The van der Waals surface area contributed by atoms with Gasteiger partial charge < -0.3 is 19.8 Å². The summed E-state index contributed by atoms with van der Waals surface area (Å²) in [6.07, 6.45) is 1.50. The highest BCUT2D eigenvalue weighted by atomic mass is 16.5. The predicted octanol–water partition coefficient (Wildman–Crippen LogP) is 1.15. The van der Waals surface area contributed by atoms with Crippen molar-refractivity contribution in [3.05, 3.63) is 36.1 Å². The van der Waals surface area contributed by atoms with Gasteiger partial charge in [0, 0.05) is 24.5 Å². The van der Waals surface area contributed by atoms with E-state index < -0.39 is 0 Å². The molecule has 0 aliphatic carbocycles. The van der Waals surface area contributed by atoms with Crippen LogP contribution in [0.25, 0.3) is 11.0 Å². The summed E-state index contributed by atoms with van der Waals surface area (Å²) in [6, 6.07) is 7.69. The number of nitrogens with one attached hydrogen (secondary N) is 2. The molecule has 1 aromatic heterocycles. The fourth-order valence-corrected chi connectivity index (χ4v) is 2.22. The average Bonchev–Trinajstić information content (AvgIpc) is 2.90. The molecule has 0 spiro atoms. The molecule has 19 heavy (non-hydrogen) atoms. The molecule has 0 radical (unpaired) electrons. The standard InChI is InChI=1S/C14H16N2O3/c17-14(16-7-10-8-18-6-5-15-10)12-9-19-13-4-2-1-3-11(12)13/h1-4,9-10,15H,5-8H2,(H,16,17). The van der Waals surface area contributed by atoms with Crippen LogP contribution in [-0.4, -0.2) is 38.3 Å². The molecular formula is C14H16N2O3. The molecule has 0 saturated carbocycles. The Balaban J connectivity index is 1.66. The van der Waals surface area contributed by atoms with Crippen LogP contribution in [0.2, 0.25) is 0 Å². The van der Waals surface area contributed by atoms with Crippen molar-refractivity contribution in [3.63, 3.8) is 0 Å². The molecule has 3 rings (SSSR count). The van der Waals surface area contributed by atoms with Crippen LogP contribution in [0.4, 0.5) is 0 Å². The molecule has 2 heterocycles. The molecule has 1 saturated heterocycles. The van der Waals surface area contributed by atoms with Gasteiger partial charge in [0.2, 0.25) is 0 Å². The minimum atomic E-state index is -0.114. The first kappa shape index (κ1) is 12.2. The highest BCUT2D eigenvalue weighted by molar-refractivity contribution is 6.05. The van der Waals surface area contributed by atoms with E-state index in [0.29, 0.717) is 18.7 Å². The lowest BCUT2D eigenvalue weighted by molar-refractivity contribution is 0.0735. The van der Waals surface area contributed by atoms with E-state index in [4.69, 9.17) is 9.15 Å². The summed E-state index contributed by atoms with van der Waals surface area (Å²) >= 11 is 0. The number of morpholine rings is 1. The Morgan fingerprint density at radius 2 is 2.32 bits per heavy atom. The van der Waals surface area contributed by atoms with Crippen LogP contribution >= 0.6 is 0 Å². The zero-order chi connectivity index (χ0) is 13.1. The van der Waals surface area contributed by atoms with E-state index in [-0.39, 0.29) is 11.9 Å². The van der Waals surface area contributed by atoms with Gasteiger partial charge in [-0.05, 0) is 6.07 Å². The van der Waals surface area contributed by atoms with Gasteiger partial charge in [-0.1, -0.05) is 18.2 Å². The van der Waals surface area contributed by atoms with E-state index in [1.807, 2.05) is 24.3 Å². The Morgan fingerprint density at radius 3 is 3.16 bits per heavy atom. The van der Waals surface area contributed by atoms with Gasteiger partial charge in [0.1, 0.15) is 11.8 Å². The second-order valence-corrected chi connectivity index (χ2v) is 4.58. The van der Waals surface area contributed by atoms with Crippen molar-refractivity contribution in [2.75, 3.05) is 26.3 Å². The Hall–Kier alpha value is -1.85. The van der Waals surface area contributed by atoms with Crippen molar-refractivity contribution < 1.29 is 13.9 Å². The number of hydrogen-bond acceptors (Lipinski definition) is 4. The summed E-state index contributed by atoms with van der Waals surface area (Å²) in [7, 11) is 0. The zero-order valence-electron chi connectivity index (χ0n) is 10.5. The van der Waals surface area contributed by atoms with Crippen LogP contribution < -0.4 is 10.6 Å². The number of para-hydroxylation sites is 1.